The molecule has 7 nitrogen and oxygen atoms in total. The molecule has 0 aliphatic carbocycles. The van der Waals surface area contributed by atoms with Gasteiger partial charge in [-0.25, -0.2) is 4.79 Å². The summed E-state index contributed by atoms with van der Waals surface area (Å²) in [6, 6.07) is 5.50. The van der Waals surface area contributed by atoms with Gasteiger partial charge in [0.1, 0.15) is 23.2 Å². The molecule has 0 spiro atoms. The van der Waals surface area contributed by atoms with Gasteiger partial charge >= 0.3 is 5.97 Å². The number of rotatable bonds is 4. The van der Waals surface area contributed by atoms with Gasteiger partial charge in [0.25, 0.3) is 5.91 Å². The summed E-state index contributed by atoms with van der Waals surface area (Å²) in [4.78, 5) is 37.1. The maximum Gasteiger partial charge on any atom is 0.353 e. The second-order valence-electron chi connectivity index (χ2n) is 5.84. The van der Waals surface area contributed by atoms with Crippen LogP contribution in [0.1, 0.15) is 17.2 Å². The van der Waals surface area contributed by atoms with Crippen LogP contribution in [0.2, 0.25) is 0 Å². The third-order valence-corrected chi connectivity index (χ3v) is 5.89. The van der Waals surface area contributed by atoms with Crippen molar-refractivity contribution in [1.82, 2.24) is 10.2 Å². The number of fused-ring (bicyclic) bond motifs is 1. The van der Waals surface area contributed by atoms with E-state index < -0.39 is 35.2 Å². The average molecular weight is 382 g/mol. The number of thioether (sulfide) groups is 1. The van der Waals surface area contributed by atoms with E-state index in [4.69, 9.17) is 17.3 Å². The highest BCUT2D eigenvalue weighted by Crippen LogP contribution is 2.41. The normalized spacial score (nSPS) is 23.6. The zero-order valence-electron chi connectivity index (χ0n) is 13.2. The van der Waals surface area contributed by atoms with E-state index in [9.17, 15) is 19.5 Å². The van der Waals surface area contributed by atoms with Crippen LogP contribution >= 0.6 is 23.4 Å². The van der Waals surface area contributed by atoms with E-state index in [1.165, 1.54) is 11.8 Å². The Balaban J connectivity index is 1.71. The van der Waals surface area contributed by atoms with Gasteiger partial charge in [-0.1, -0.05) is 41.4 Å². The Morgan fingerprint density at radius 2 is 2.04 bits per heavy atom. The van der Waals surface area contributed by atoms with Crippen molar-refractivity contribution in [3.8, 4) is 0 Å². The molecule has 0 saturated carbocycles. The van der Waals surface area contributed by atoms with Gasteiger partial charge in [-0.15, -0.1) is 11.8 Å². The lowest BCUT2D eigenvalue weighted by atomic mass is 10.0. The number of carboxylic acid groups (broad SMARTS) is 1. The Morgan fingerprint density at radius 3 is 2.64 bits per heavy atom. The number of amides is 2. The van der Waals surface area contributed by atoms with Crippen molar-refractivity contribution in [3.05, 3.63) is 46.1 Å². The topological polar surface area (TPSA) is 113 Å². The Labute approximate surface area is 153 Å². The molecular formula is C16H16ClN3O4S. The molecule has 1 saturated heterocycles. The van der Waals surface area contributed by atoms with Crippen molar-refractivity contribution in [2.45, 2.75) is 24.4 Å². The van der Waals surface area contributed by atoms with Crippen LogP contribution in [0.5, 0.6) is 0 Å². The lowest BCUT2D eigenvalue weighted by molar-refractivity contribution is -0.150. The molecule has 0 bridgehead atoms. The largest absolute Gasteiger partial charge is 0.477 e. The molecule has 132 valence electrons. The smallest absolute Gasteiger partial charge is 0.353 e. The first-order chi connectivity index (χ1) is 11.8. The Morgan fingerprint density at radius 1 is 1.40 bits per heavy atom. The summed E-state index contributed by atoms with van der Waals surface area (Å²) < 4.78 is 0. The number of hydrogen-bond donors (Lipinski definition) is 3. The van der Waals surface area contributed by atoms with E-state index >= 15 is 0 Å². The third-order valence-electron chi connectivity index (χ3n) is 4.14. The molecule has 2 heterocycles. The summed E-state index contributed by atoms with van der Waals surface area (Å²) in [5.41, 5.74) is 7.42. The summed E-state index contributed by atoms with van der Waals surface area (Å²) in [6.45, 7) is 1.93. The van der Waals surface area contributed by atoms with E-state index in [0.29, 0.717) is 5.56 Å². The van der Waals surface area contributed by atoms with Crippen molar-refractivity contribution in [1.29, 1.82) is 0 Å². The number of nitrogens with two attached hydrogens (primary N) is 1. The van der Waals surface area contributed by atoms with Crippen molar-refractivity contribution in [3.63, 3.8) is 0 Å². The standard InChI is InChI=1S/C16H16ClN3O4S/c1-7-2-4-8(5-3-7)10(18)13(21)19-11-14(22)20-12(16(23)24)9(17)6-25-15(11)20/h2-5,10-11,15H,6,18H2,1H3,(H,19,21)(H,23,24). The zero-order valence-corrected chi connectivity index (χ0v) is 14.8. The molecule has 0 aromatic heterocycles. The molecule has 0 radical (unpaired) electrons. The summed E-state index contributed by atoms with van der Waals surface area (Å²) in [5, 5.41) is 11.5. The van der Waals surface area contributed by atoms with Gasteiger partial charge < -0.3 is 16.2 Å². The van der Waals surface area contributed by atoms with Crippen molar-refractivity contribution >= 4 is 41.1 Å². The number of carbonyl (C=O) groups is 3. The Hall–Kier alpha value is -2.03. The number of halogens is 1. The maximum absolute atomic E-state index is 12.4. The molecule has 2 aliphatic heterocycles. The molecule has 25 heavy (non-hydrogen) atoms. The van der Waals surface area contributed by atoms with E-state index in [-0.39, 0.29) is 16.5 Å². The van der Waals surface area contributed by atoms with Crippen LogP contribution in [0.15, 0.2) is 35.0 Å². The van der Waals surface area contributed by atoms with Crippen LogP contribution < -0.4 is 11.1 Å². The highest BCUT2D eigenvalue weighted by atomic mass is 35.5. The van der Waals surface area contributed by atoms with Gasteiger partial charge in [0.15, 0.2) is 0 Å². The number of β-lactam (4-membered cyclic amide) rings is 1. The SMILES string of the molecule is Cc1ccc(C(N)C(=O)NC2C(=O)N3C(C(=O)O)=C(Cl)CSC23)cc1. The van der Waals surface area contributed by atoms with E-state index in [1.807, 2.05) is 19.1 Å². The number of hydrogen-bond acceptors (Lipinski definition) is 5. The van der Waals surface area contributed by atoms with E-state index in [2.05, 4.69) is 5.32 Å². The number of benzene rings is 1. The van der Waals surface area contributed by atoms with E-state index in [0.717, 1.165) is 10.5 Å². The molecule has 1 aromatic carbocycles. The molecule has 4 N–H and O–H groups in total. The highest BCUT2D eigenvalue weighted by Gasteiger charge is 2.54. The minimum absolute atomic E-state index is 0.114. The second-order valence-corrected chi connectivity index (χ2v) is 7.40. The highest BCUT2D eigenvalue weighted by molar-refractivity contribution is 8.00. The van der Waals surface area contributed by atoms with Crippen LogP contribution in [0.25, 0.3) is 0 Å². The van der Waals surface area contributed by atoms with Crippen LogP contribution in [0, 0.1) is 6.92 Å². The zero-order chi connectivity index (χ0) is 18.3. The van der Waals surface area contributed by atoms with Crippen LogP contribution in [0.4, 0.5) is 0 Å². The average Bonchev–Trinajstić information content (AvgIpc) is 2.58. The van der Waals surface area contributed by atoms with Crippen LogP contribution in [-0.4, -0.2) is 45.0 Å². The van der Waals surface area contributed by atoms with Crippen LogP contribution in [-0.2, 0) is 14.4 Å². The molecule has 1 aromatic rings. The molecule has 9 heteroatoms. The van der Waals surface area contributed by atoms with Gasteiger partial charge in [-0.3, -0.25) is 14.5 Å². The number of nitrogens with one attached hydrogen (secondary N) is 1. The van der Waals surface area contributed by atoms with Crippen molar-refractivity contribution in [2.75, 3.05) is 5.75 Å². The third kappa shape index (κ3) is 3.12. The van der Waals surface area contributed by atoms with Gasteiger partial charge in [0.05, 0.1) is 5.03 Å². The van der Waals surface area contributed by atoms with Gasteiger partial charge in [0, 0.05) is 5.75 Å². The summed E-state index contributed by atoms with van der Waals surface area (Å²) >= 11 is 7.21. The summed E-state index contributed by atoms with van der Waals surface area (Å²) in [5.74, 6) is -1.98. The van der Waals surface area contributed by atoms with Gasteiger partial charge in [-0.05, 0) is 12.5 Å². The number of carboxylic acids is 1. The summed E-state index contributed by atoms with van der Waals surface area (Å²) in [6.07, 6.45) is 0. The van der Waals surface area contributed by atoms with Crippen molar-refractivity contribution in [2.24, 2.45) is 5.73 Å². The van der Waals surface area contributed by atoms with Crippen molar-refractivity contribution < 1.29 is 19.5 Å². The van der Waals surface area contributed by atoms with Gasteiger partial charge in [-0.2, -0.15) is 0 Å². The fourth-order valence-corrected chi connectivity index (χ4v) is 4.30. The van der Waals surface area contributed by atoms with E-state index in [1.54, 1.807) is 12.1 Å². The fraction of sp³-hybridized carbons (Fsp3) is 0.312. The number of aliphatic carboxylic acids is 1. The minimum Gasteiger partial charge on any atom is -0.477 e. The first-order valence-electron chi connectivity index (χ1n) is 7.50. The predicted octanol–water partition coefficient (Wildman–Crippen LogP) is 0.930. The number of nitrogens with zero attached hydrogens (tertiary/aromatic N) is 1. The lowest BCUT2D eigenvalue weighted by Gasteiger charge is -2.48. The predicted molar refractivity (Wildman–Crippen MR) is 93.6 cm³/mol. The molecule has 2 aliphatic rings. The first kappa shape index (κ1) is 17.8. The Kier molecular flexibility index (Phi) is 4.77. The molecule has 3 atom stereocenters. The van der Waals surface area contributed by atoms with Crippen LogP contribution in [0.3, 0.4) is 0 Å². The summed E-state index contributed by atoms with van der Waals surface area (Å²) in [7, 11) is 0. The second kappa shape index (κ2) is 6.70. The lowest BCUT2D eigenvalue weighted by Crippen LogP contribution is -2.70. The molecular weight excluding hydrogens is 366 g/mol. The molecule has 3 rings (SSSR count). The quantitative estimate of drug-likeness (QED) is 0.669. The fourth-order valence-electron chi connectivity index (χ4n) is 2.75. The Bertz CT molecular complexity index is 780. The minimum atomic E-state index is -1.26. The first-order valence-corrected chi connectivity index (χ1v) is 8.93. The molecule has 1 fully saturated rings. The number of aryl methyl sites for hydroxylation is 1. The molecule has 2 amide bonds. The number of carbonyl (C=O) groups excluding carboxylic acids is 2. The monoisotopic (exact) mass is 381 g/mol. The maximum atomic E-state index is 12.4. The van der Waals surface area contributed by atoms with Gasteiger partial charge in [0.2, 0.25) is 5.91 Å². The molecule has 3 unspecified atom stereocenters.